The fourth-order valence-corrected chi connectivity index (χ4v) is 2.60. The quantitative estimate of drug-likeness (QED) is 0.873. The maximum absolute atomic E-state index is 9.88. The Labute approximate surface area is 107 Å². The lowest BCUT2D eigenvalue weighted by Crippen LogP contribution is -2.29. The third-order valence-corrected chi connectivity index (χ3v) is 3.53. The van der Waals surface area contributed by atoms with E-state index >= 15 is 0 Å². The number of aliphatic hydroxyl groups is 1. The van der Waals surface area contributed by atoms with Gasteiger partial charge in [-0.2, -0.15) is 0 Å². The lowest BCUT2D eigenvalue weighted by Gasteiger charge is -2.30. The molecule has 0 atom stereocenters. The maximum atomic E-state index is 9.88. The monoisotopic (exact) mass is 255 g/mol. The van der Waals surface area contributed by atoms with Gasteiger partial charge in [0, 0.05) is 25.8 Å². The summed E-state index contributed by atoms with van der Waals surface area (Å²) in [6, 6.07) is 3.48. The van der Waals surface area contributed by atoms with Crippen LogP contribution in [-0.2, 0) is 6.42 Å². The molecular weight excluding hydrogens is 238 g/mol. The molecule has 94 valence electrons. The maximum Gasteiger partial charge on any atom is 0.121 e. The van der Waals surface area contributed by atoms with Crippen LogP contribution in [-0.4, -0.2) is 29.9 Å². The van der Waals surface area contributed by atoms with E-state index in [1.807, 2.05) is 0 Å². The molecule has 4 heteroatoms. The topological polar surface area (TPSA) is 43.7 Å². The summed E-state index contributed by atoms with van der Waals surface area (Å²) in [5.41, 5.74) is 1.61. The summed E-state index contributed by atoms with van der Waals surface area (Å²) >= 11 is 6.24. The van der Waals surface area contributed by atoms with Gasteiger partial charge in [0.05, 0.1) is 10.7 Å². The van der Waals surface area contributed by atoms with Crippen molar-refractivity contribution >= 4 is 17.3 Å². The third-order valence-electron chi connectivity index (χ3n) is 3.23. The number of hydrogen-bond donors (Lipinski definition) is 2. The molecule has 0 aliphatic carbocycles. The standard InChI is InChI=1S/C13H18ClNO2/c14-11-8-10(4-7-16)13(17)9-12(11)15-5-2-1-3-6-15/h8-9,16-17H,1-7H2. The number of hydrogen-bond acceptors (Lipinski definition) is 3. The number of phenols is 1. The van der Waals surface area contributed by atoms with E-state index in [0.717, 1.165) is 18.8 Å². The van der Waals surface area contributed by atoms with Crippen LogP contribution in [0, 0.1) is 0 Å². The van der Waals surface area contributed by atoms with Crippen molar-refractivity contribution in [1.29, 1.82) is 0 Å². The summed E-state index contributed by atoms with van der Waals surface area (Å²) in [6.45, 7) is 2.02. The van der Waals surface area contributed by atoms with E-state index in [9.17, 15) is 5.11 Å². The molecule has 0 bridgehead atoms. The largest absolute Gasteiger partial charge is 0.508 e. The van der Waals surface area contributed by atoms with Gasteiger partial charge in [0.2, 0.25) is 0 Å². The Bertz CT molecular complexity index is 389. The first-order valence-corrected chi connectivity index (χ1v) is 6.47. The number of aliphatic hydroxyl groups excluding tert-OH is 1. The van der Waals surface area contributed by atoms with Crippen LogP contribution in [0.5, 0.6) is 5.75 Å². The number of nitrogens with zero attached hydrogens (tertiary/aromatic N) is 1. The molecule has 0 spiro atoms. The zero-order valence-electron chi connectivity index (χ0n) is 9.82. The van der Waals surface area contributed by atoms with Gasteiger partial charge in [0.25, 0.3) is 0 Å². The van der Waals surface area contributed by atoms with Gasteiger partial charge in [-0.05, 0) is 37.3 Å². The number of phenolic OH excluding ortho intramolecular Hbond substituents is 1. The number of halogens is 1. The second-order valence-electron chi connectivity index (χ2n) is 4.45. The van der Waals surface area contributed by atoms with Crippen molar-refractivity contribution in [1.82, 2.24) is 0 Å². The Morgan fingerprint density at radius 2 is 1.88 bits per heavy atom. The molecule has 2 N–H and O–H groups in total. The molecule has 1 aromatic rings. The first kappa shape index (κ1) is 12.5. The molecule has 0 aromatic heterocycles. The molecule has 1 aliphatic heterocycles. The van der Waals surface area contributed by atoms with Crippen LogP contribution in [0.1, 0.15) is 24.8 Å². The predicted molar refractivity (Wildman–Crippen MR) is 70.0 cm³/mol. The summed E-state index contributed by atoms with van der Waals surface area (Å²) in [4.78, 5) is 2.22. The highest BCUT2D eigenvalue weighted by Crippen LogP contribution is 2.34. The van der Waals surface area contributed by atoms with Crippen molar-refractivity contribution in [2.75, 3.05) is 24.6 Å². The molecule has 0 saturated carbocycles. The average Bonchev–Trinajstić information content (AvgIpc) is 2.35. The number of rotatable bonds is 3. The summed E-state index contributed by atoms with van der Waals surface area (Å²) in [6.07, 6.45) is 4.06. The van der Waals surface area contributed by atoms with Crippen molar-refractivity contribution in [2.24, 2.45) is 0 Å². The van der Waals surface area contributed by atoms with Gasteiger partial charge in [0.15, 0.2) is 0 Å². The molecular formula is C13H18ClNO2. The third kappa shape index (κ3) is 2.85. The minimum atomic E-state index is 0.0208. The Balaban J connectivity index is 2.25. The van der Waals surface area contributed by atoms with Crippen LogP contribution in [0.2, 0.25) is 5.02 Å². The molecule has 1 fully saturated rings. The van der Waals surface area contributed by atoms with Crippen LogP contribution in [0.25, 0.3) is 0 Å². The van der Waals surface area contributed by atoms with Crippen molar-refractivity contribution in [2.45, 2.75) is 25.7 Å². The van der Waals surface area contributed by atoms with E-state index < -0.39 is 0 Å². The normalized spacial score (nSPS) is 16.2. The number of piperidine rings is 1. The van der Waals surface area contributed by atoms with Gasteiger partial charge < -0.3 is 15.1 Å². The highest BCUT2D eigenvalue weighted by molar-refractivity contribution is 6.33. The van der Waals surface area contributed by atoms with Crippen LogP contribution < -0.4 is 4.90 Å². The smallest absolute Gasteiger partial charge is 0.121 e. The average molecular weight is 256 g/mol. The van der Waals surface area contributed by atoms with E-state index in [4.69, 9.17) is 16.7 Å². The number of aromatic hydroxyl groups is 1. The Kier molecular flexibility index (Phi) is 4.13. The molecule has 2 rings (SSSR count). The lowest BCUT2D eigenvalue weighted by atomic mass is 10.1. The Morgan fingerprint density at radius 3 is 2.53 bits per heavy atom. The SMILES string of the molecule is OCCc1cc(Cl)c(N2CCCCC2)cc1O. The summed E-state index contributed by atoms with van der Waals surface area (Å²) in [5.74, 6) is 0.226. The van der Waals surface area contributed by atoms with Crippen molar-refractivity contribution in [3.8, 4) is 5.75 Å². The van der Waals surface area contributed by atoms with Gasteiger partial charge in [-0.15, -0.1) is 0 Å². The number of benzene rings is 1. The zero-order valence-corrected chi connectivity index (χ0v) is 10.6. The Hall–Kier alpha value is -0.930. The van der Waals surface area contributed by atoms with Crippen LogP contribution in [0.4, 0.5) is 5.69 Å². The molecule has 1 aromatic carbocycles. The van der Waals surface area contributed by atoms with Crippen LogP contribution >= 0.6 is 11.6 Å². The van der Waals surface area contributed by atoms with E-state index in [1.54, 1.807) is 12.1 Å². The highest BCUT2D eigenvalue weighted by Gasteiger charge is 2.16. The van der Waals surface area contributed by atoms with Gasteiger partial charge in [-0.3, -0.25) is 0 Å². The molecule has 1 aliphatic rings. The summed E-state index contributed by atoms with van der Waals surface area (Å²) < 4.78 is 0. The highest BCUT2D eigenvalue weighted by atomic mass is 35.5. The second-order valence-corrected chi connectivity index (χ2v) is 4.86. The summed E-state index contributed by atoms with van der Waals surface area (Å²) in [5, 5.41) is 19.4. The minimum absolute atomic E-state index is 0.0208. The zero-order chi connectivity index (χ0) is 12.3. The Morgan fingerprint density at radius 1 is 1.18 bits per heavy atom. The molecule has 1 heterocycles. The first-order chi connectivity index (χ1) is 8.22. The van der Waals surface area contributed by atoms with E-state index in [0.29, 0.717) is 17.0 Å². The molecule has 3 nitrogen and oxygen atoms in total. The molecule has 0 unspecified atom stereocenters. The minimum Gasteiger partial charge on any atom is -0.508 e. The lowest BCUT2D eigenvalue weighted by molar-refractivity contribution is 0.297. The molecule has 1 saturated heterocycles. The van der Waals surface area contributed by atoms with Gasteiger partial charge in [-0.1, -0.05) is 11.6 Å². The van der Waals surface area contributed by atoms with Crippen molar-refractivity contribution in [3.05, 3.63) is 22.7 Å². The van der Waals surface area contributed by atoms with Crippen LogP contribution in [0.3, 0.4) is 0 Å². The van der Waals surface area contributed by atoms with Crippen LogP contribution in [0.15, 0.2) is 12.1 Å². The van der Waals surface area contributed by atoms with Gasteiger partial charge in [-0.25, -0.2) is 0 Å². The summed E-state index contributed by atoms with van der Waals surface area (Å²) in [7, 11) is 0. The van der Waals surface area contributed by atoms with Crippen molar-refractivity contribution in [3.63, 3.8) is 0 Å². The fraction of sp³-hybridized carbons (Fsp3) is 0.538. The number of anilines is 1. The molecule has 17 heavy (non-hydrogen) atoms. The second kappa shape index (κ2) is 5.61. The van der Waals surface area contributed by atoms with E-state index in [2.05, 4.69) is 4.90 Å². The van der Waals surface area contributed by atoms with E-state index in [1.165, 1.54) is 19.3 Å². The molecule has 0 amide bonds. The van der Waals surface area contributed by atoms with Gasteiger partial charge >= 0.3 is 0 Å². The first-order valence-electron chi connectivity index (χ1n) is 6.09. The van der Waals surface area contributed by atoms with Gasteiger partial charge in [0.1, 0.15) is 5.75 Å². The fourth-order valence-electron chi connectivity index (χ4n) is 2.29. The predicted octanol–water partition coefficient (Wildman–Crippen LogP) is 2.57. The van der Waals surface area contributed by atoms with Crippen molar-refractivity contribution < 1.29 is 10.2 Å². The van der Waals surface area contributed by atoms with E-state index in [-0.39, 0.29) is 12.4 Å². The molecule has 0 radical (unpaired) electrons.